The molecule has 0 aliphatic carbocycles. The molecule has 0 atom stereocenters. The second-order valence-electron chi connectivity index (χ2n) is 7.53. The van der Waals surface area contributed by atoms with Gasteiger partial charge in [-0.1, -0.05) is 67.9 Å². The SMILES string of the molecule is CCCCc1ccc(Cn2cccn2)cc1OCCc1ccc2ccccc2c1. The first-order valence-electron chi connectivity index (χ1n) is 10.5. The Labute approximate surface area is 173 Å². The van der Waals surface area contributed by atoms with Gasteiger partial charge in [0, 0.05) is 18.8 Å². The predicted molar refractivity (Wildman–Crippen MR) is 120 cm³/mol. The molecule has 0 radical (unpaired) electrons. The molecule has 148 valence electrons. The average Bonchev–Trinajstić information content (AvgIpc) is 3.26. The average molecular weight is 385 g/mol. The third-order valence-electron chi connectivity index (χ3n) is 5.30. The van der Waals surface area contributed by atoms with Crippen LogP contribution in [0.25, 0.3) is 10.8 Å². The Morgan fingerprint density at radius 1 is 0.862 bits per heavy atom. The van der Waals surface area contributed by atoms with Crippen LogP contribution in [0.4, 0.5) is 0 Å². The number of unbranched alkanes of at least 4 members (excludes halogenated alkanes) is 1. The molecule has 0 aliphatic rings. The van der Waals surface area contributed by atoms with Gasteiger partial charge in [0.2, 0.25) is 0 Å². The van der Waals surface area contributed by atoms with E-state index in [2.05, 4.69) is 72.7 Å². The highest BCUT2D eigenvalue weighted by molar-refractivity contribution is 5.82. The Hall–Kier alpha value is -3.07. The number of aromatic nitrogens is 2. The molecule has 29 heavy (non-hydrogen) atoms. The lowest BCUT2D eigenvalue weighted by atomic mass is 10.0. The maximum atomic E-state index is 6.28. The molecule has 1 aromatic heterocycles. The summed E-state index contributed by atoms with van der Waals surface area (Å²) in [5.74, 6) is 1.02. The third-order valence-corrected chi connectivity index (χ3v) is 5.30. The fourth-order valence-electron chi connectivity index (χ4n) is 3.66. The van der Waals surface area contributed by atoms with Crippen LogP contribution < -0.4 is 4.74 Å². The van der Waals surface area contributed by atoms with E-state index in [1.807, 2.05) is 23.1 Å². The number of rotatable bonds is 9. The van der Waals surface area contributed by atoms with Crippen molar-refractivity contribution in [3.8, 4) is 5.75 Å². The number of fused-ring (bicyclic) bond motifs is 1. The molecule has 0 N–H and O–H groups in total. The zero-order valence-corrected chi connectivity index (χ0v) is 17.1. The Morgan fingerprint density at radius 3 is 2.55 bits per heavy atom. The van der Waals surface area contributed by atoms with Gasteiger partial charge in [-0.25, -0.2) is 0 Å². The Bertz CT molecular complexity index is 1050. The highest BCUT2D eigenvalue weighted by Gasteiger charge is 2.07. The minimum absolute atomic E-state index is 0.683. The fraction of sp³-hybridized carbons (Fsp3) is 0.269. The molecule has 3 aromatic carbocycles. The quantitative estimate of drug-likeness (QED) is 0.351. The van der Waals surface area contributed by atoms with Crippen LogP contribution in [0, 0.1) is 0 Å². The molecule has 0 unspecified atom stereocenters. The lowest BCUT2D eigenvalue weighted by molar-refractivity contribution is 0.318. The number of nitrogens with zero attached hydrogens (tertiary/aromatic N) is 2. The lowest BCUT2D eigenvalue weighted by Crippen LogP contribution is -2.06. The zero-order chi connectivity index (χ0) is 19.9. The summed E-state index contributed by atoms with van der Waals surface area (Å²) in [4.78, 5) is 0. The van der Waals surface area contributed by atoms with Crippen molar-refractivity contribution in [3.63, 3.8) is 0 Å². The summed E-state index contributed by atoms with van der Waals surface area (Å²) in [5, 5.41) is 6.89. The first kappa shape index (κ1) is 19.3. The third kappa shape index (κ3) is 5.05. The summed E-state index contributed by atoms with van der Waals surface area (Å²) in [6.07, 6.45) is 8.14. The molecule has 1 heterocycles. The van der Waals surface area contributed by atoms with Crippen molar-refractivity contribution in [2.75, 3.05) is 6.61 Å². The minimum atomic E-state index is 0.683. The van der Waals surface area contributed by atoms with Crippen molar-refractivity contribution < 1.29 is 4.74 Å². The summed E-state index contributed by atoms with van der Waals surface area (Å²) in [5.41, 5.74) is 3.83. The molecule has 3 heteroatoms. The van der Waals surface area contributed by atoms with Crippen molar-refractivity contribution >= 4 is 10.8 Å². The summed E-state index contributed by atoms with van der Waals surface area (Å²) in [6.45, 7) is 3.68. The second-order valence-corrected chi connectivity index (χ2v) is 7.53. The van der Waals surface area contributed by atoms with Gasteiger partial charge >= 0.3 is 0 Å². The molecule has 3 nitrogen and oxygen atoms in total. The van der Waals surface area contributed by atoms with Crippen LogP contribution >= 0.6 is 0 Å². The van der Waals surface area contributed by atoms with E-state index in [1.165, 1.54) is 40.3 Å². The molecule has 0 spiro atoms. The Balaban J connectivity index is 1.45. The van der Waals surface area contributed by atoms with Crippen molar-refractivity contribution in [2.24, 2.45) is 0 Å². The number of hydrogen-bond acceptors (Lipinski definition) is 2. The van der Waals surface area contributed by atoms with Crippen LogP contribution in [0.2, 0.25) is 0 Å². The Kier molecular flexibility index (Phi) is 6.25. The molecule has 0 fully saturated rings. The molecular weight excluding hydrogens is 356 g/mol. The van der Waals surface area contributed by atoms with Gasteiger partial charge in [-0.05, 0) is 52.4 Å². The van der Waals surface area contributed by atoms with Crippen LogP contribution in [0.3, 0.4) is 0 Å². The first-order chi connectivity index (χ1) is 14.3. The van der Waals surface area contributed by atoms with Gasteiger partial charge in [-0.2, -0.15) is 5.10 Å². The van der Waals surface area contributed by atoms with E-state index in [0.29, 0.717) is 6.61 Å². The maximum absolute atomic E-state index is 6.28. The van der Waals surface area contributed by atoms with Gasteiger partial charge in [0.25, 0.3) is 0 Å². The minimum Gasteiger partial charge on any atom is -0.493 e. The van der Waals surface area contributed by atoms with E-state index in [0.717, 1.165) is 25.1 Å². The zero-order valence-electron chi connectivity index (χ0n) is 17.1. The highest BCUT2D eigenvalue weighted by Crippen LogP contribution is 2.24. The molecule has 0 saturated heterocycles. The molecule has 4 rings (SSSR count). The number of benzene rings is 3. The van der Waals surface area contributed by atoms with Crippen LogP contribution in [-0.4, -0.2) is 16.4 Å². The van der Waals surface area contributed by atoms with Crippen molar-refractivity contribution in [1.29, 1.82) is 0 Å². The normalized spacial score (nSPS) is 11.1. The smallest absolute Gasteiger partial charge is 0.122 e. The van der Waals surface area contributed by atoms with Gasteiger partial charge in [0.1, 0.15) is 5.75 Å². The van der Waals surface area contributed by atoms with E-state index in [1.54, 1.807) is 0 Å². The van der Waals surface area contributed by atoms with Crippen molar-refractivity contribution in [1.82, 2.24) is 9.78 Å². The largest absolute Gasteiger partial charge is 0.493 e. The first-order valence-corrected chi connectivity index (χ1v) is 10.5. The van der Waals surface area contributed by atoms with Crippen LogP contribution in [0.1, 0.15) is 36.5 Å². The summed E-state index contributed by atoms with van der Waals surface area (Å²) in [6, 6.07) is 23.7. The monoisotopic (exact) mass is 384 g/mol. The van der Waals surface area contributed by atoms with Gasteiger partial charge < -0.3 is 4.74 Å². The predicted octanol–water partition coefficient (Wildman–Crippen LogP) is 6.05. The molecule has 0 bridgehead atoms. The van der Waals surface area contributed by atoms with E-state index in [4.69, 9.17) is 4.74 Å². The summed E-state index contributed by atoms with van der Waals surface area (Å²) in [7, 11) is 0. The molecule has 4 aromatic rings. The Morgan fingerprint density at radius 2 is 1.72 bits per heavy atom. The van der Waals surface area contributed by atoms with Crippen molar-refractivity contribution in [2.45, 2.75) is 39.2 Å². The molecular formula is C26H28N2O. The number of aryl methyl sites for hydroxylation is 1. The summed E-state index contributed by atoms with van der Waals surface area (Å²) < 4.78 is 8.22. The molecule has 0 amide bonds. The van der Waals surface area contributed by atoms with Gasteiger partial charge in [-0.15, -0.1) is 0 Å². The maximum Gasteiger partial charge on any atom is 0.122 e. The molecule has 0 aliphatic heterocycles. The van der Waals surface area contributed by atoms with E-state index in [9.17, 15) is 0 Å². The lowest BCUT2D eigenvalue weighted by Gasteiger charge is -2.14. The number of ether oxygens (including phenoxy) is 1. The summed E-state index contributed by atoms with van der Waals surface area (Å²) >= 11 is 0. The fourth-order valence-corrected chi connectivity index (χ4v) is 3.66. The van der Waals surface area contributed by atoms with Crippen LogP contribution in [-0.2, 0) is 19.4 Å². The second kappa shape index (κ2) is 9.42. The van der Waals surface area contributed by atoms with E-state index in [-0.39, 0.29) is 0 Å². The van der Waals surface area contributed by atoms with Crippen molar-refractivity contribution in [3.05, 3.63) is 95.8 Å². The number of hydrogen-bond donors (Lipinski definition) is 0. The van der Waals surface area contributed by atoms with Gasteiger partial charge in [0.15, 0.2) is 0 Å². The van der Waals surface area contributed by atoms with E-state index >= 15 is 0 Å². The van der Waals surface area contributed by atoms with E-state index < -0.39 is 0 Å². The topological polar surface area (TPSA) is 27.1 Å². The van der Waals surface area contributed by atoms with Crippen LogP contribution in [0.15, 0.2) is 79.1 Å². The van der Waals surface area contributed by atoms with Gasteiger partial charge in [-0.3, -0.25) is 4.68 Å². The van der Waals surface area contributed by atoms with Gasteiger partial charge in [0.05, 0.1) is 13.2 Å². The highest BCUT2D eigenvalue weighted by atomic mass is 16.5. The molecule has 0 saturated carbocycles. The standard InChI is InChI=1S/C26H28N2O/c1-2-3-7-24-13-11-22(20-28-16-6-15-27-28)19-26(24)29-17-14-21-10-12-23-8-4-5-9-25(23)18-21/h4-6,8-13,15-16,18-19H,2-3,7,14,17,20H2,1H3. The van der Waals surface area contributed by atoms with Crippen LogP contribution in [0.5, 0.6) is 5.75 Å².